The number of methoxy groups -OCH3 is 1. The van der Waals surface area contributed by atoms with Crippen LogP contribution in [0.4, 0.5) is 0 Å². The Morgan fingerprint density at radius 3 is 2.57 bits per heavy atom. The number of hydrogen-bond donors (Lipinski definition) is 1. The van der Waals surface area contributed by atoms with Gasteiger partial charge in [0.2, 0.25) is 0 Å². The van der Waals surface area contributed by atoms with Crippen LogP contribution in [0, 0.1) is 0 Å². The van der Waals surface area contributed by atoms with Gasteiger partial charge in [0.25, 0.3) is 0 Å². The summed E-state index contributed by atoms with van der Waals surface area (Å²) < 4.78 is 5.01. The van der Waals surface area contributed by atoms with Gasteiger partial charge in [-0.25, -0.2) is 0 Å². The van der Waals surface area contributed by atoms with Gasteiger partial charge in [0.1, 0.15) is 0 Å². The summed E-state index contributed by atoms with van der Waals surface area (Å²) in [6.45, 7) is 3.21. The van der Waals surface area contributed by atoms with Gasteiger partial charge in [-0.2, -0.15) is 0 Å². The van der Waals surface area contributed by atoms with Gasteiger partial charge in [-0.1, -0.05) is 0 Å². The van der Waals surface area contributed by atoms with Gasteiger partial charge >= 0.3 is 0 Å². The van der Waals surface area contributed by atoms with E-state index in [9.17, 15) is 0 Å². The van der Waals surface area contributed by atoms with Crippen LogP contribution in [0.15, 0.2) is 0 Å². The molecule has 1 aliphatic heterocycles. The molecule has 1 N–H and O–H groups in total. The lowest BCUT2D eigenvalue weighted by atomic mass is 10.3. The average molecular weight is 101 g/mol. The Kier molecular flexibility index (Phi) is 1.30. The molecule has 2 heteroatoms. The number of ether oxygens (including phenoxy) is 1. The molecule has 0 amide bonds. The third kappa shape index (κ3) is 1.14. The zero-order chi connectivity index (χ0) is 5.28. The highest BCUT2D eigenvalue weighted by Crippen LogP contribution is 2.04. The highest BCUT2D eigenvalue weighted by atomic mass is 16.5. The van der Waals surface area contributed by atoms with Crippen LogP contribution < -0.4 is 5.32 Å². The standard InChI is InChI=1S/C5H11NO/c1-4(7-2)5-3-6-5/h4-6H,3H2,1-2H3. The maximum atomic E-state index is 5.01. The Bertz CT molecular complexity index is 61.1. The molecule has 2 nitrogen and oxygen atoms in total. The lowest BCUT2D eigenvalue weighted by Gasteiger charge is -2.02. The van der Waals surface area contributed by atoms with Crippen LogP contribution >= 0.6 is 0 Å². The quantitative estimate of drug-likeness (QED) is 0.496. The number of hydrogen-bond acceptors (Lipinski definition) is 2. The fourth-order valence-electron chi connectivity index (χ4n) is 0.564. The Morgan fingerprint density at radius 2 is 2.43 bits per heavy atom. The van der Waals surface area contributed by atoms with Crippen LogP contribution in [-0.4, -0.2) is 25.8 Å². The molecule has 0 saturated carbocycles. The van der Waals surface area contributed by atoms with Crippen molar-refractivity contribution in [3.05, 3.63) is 0 Å². The minimum absolute atomic E-state index is 0.403. The molecule has 1 aliphatic rings. The molecule has 0 bridgehead atoms. The molecule has 1 fully saturated rings. The van der Waals surface area contributed by atoms with Gasteiger partial charge in [-0.15, -0.1) is 0 Å². The van der Waals surface area contributed by atoms with E-state index in [1.54, 1.807) is 7.11 Å². The molecule has 42 valence electrons. The smallest absolute Gasteiger partial charge is 0.0708 e. The fourth-order valence-corrected chi connectivity index (χ4v) is 0.564. The molecule has 2 atom stereocenters. The number of rotatable bonds is 2. The summed E-state index contributed by atoms with van der Waals surface area (Å²) in [4.78, 5) is 0. The van der Waals surface area contributed by atoms with Gasteiger partial charge in [0, 0.05) is 19.7 Å². The van der Waals surface area contributed by atoms with Crippen molar-refractivity contribution in [3.63, 3.8) is 0 Å². The third-order valence-corrected chi connectivity index (χ3v) is 1.38. The van der Waals surface area contributed by atoms with Crippen LogP contribution in [-0.2, 0) is 4.74 Å². The molecule has 1 rings (SSSR count). The normalized spacial score (nSPS) is 32.6. The van der Waals surface area contributed by atoms with E-state index in [1.807, 2.05) is 0 Å². The number of nitrogens with one attached hydrogen (secondary N) is 1. The highest BCUT2D eigenvalue weighted by Gasteiger charge is 2.26. The monoisotopic (exact) mass is 101 g/mol. The molecule has 0 radical (unpaired) electrons. The first-order valence-electron chi connectivity index (χ1n) is 2.61. The van der Waals surface area contributed by atoms with Gasteiger partial charge in [-0.05, 0) is 6.92 Å². The maximum absolute atomic E-state index is 5.01. The zero-order valence-corrected chi connectivity index (χ0v) is 4.77. The van der Waals surface area contributed by atoms with Gasteiger partial charge in [-0.3, -0.25) is 0 Å². The van der Waals surface area contributed by atoms with E-state index in [4.69, 9.17) is 4.74 Å². The van der Waals surface area contributed by atoms with Crippen molar-refractivity contribution >= 4 is 0 Å². The second kappa shape index (κ2) is 1.80. The van der Waals surface area contributed by atoms with E-state index < -0.39 is 0 Å². The summed E-state index contributed by atoms with van der Waals surface area (Å²) >= 11 is 0. The molecule has 0 aromatic carbocycles. The molecule has 0 aromatic rings. The summed E-state index contributed by atoms with van der Waals surface area (Å²) in [6.07, 6.45) is 0.403. The second-order valence-corrected chi connectivity index (χ2v) is 1.96. The Hall–Kier alpha value is -0.0800. The summed E-state index contributed by atoms with van der Waals surface area (Å²) in [7, 11) is 1.74. The molecule has 0 aliphatic carbocycles. The van der Waals surface area contributed by atoms with Crippen molar-refractivity contribution in [2.45, 2.75) is 19.1 Å². The molecule has 7 heavy (non-hydrogen) atoms. The molecule has 2 unspecified atom stereocenters. The Balaban J connectivity index is 2.10. The van der Waals surface area contributed by atoms with Crippen molar-refractivity contribution in [1.82, 2.24) is 5.32 Å². The van der Waals surface area contributed by atoms with Gasteiger partial charge < -0.3 is 10.1 Å². The second-order valence-electron chi connectivity index (χ2n) is 1.96. The van der Waals surface area contributed by atoms with E-state index in [-0.39, 0.29) is 0 Å². The molecular weight excluding hydrogens is 90.1 g/mol. The lowest BCUT2D eigenvalue weighted by molar-refractivity contribution is 0.117. The summed E-state index contributed by atoms with van der Waals surface area (Å²) in [5, 5.41) is 3.16. The van der Waals surface area contributed by atoms with Crippen LogP contribution in [0.1, 0.15) is 6.92 Å². The molecule has 0 spiro atoms. The van der Waals surface area contributed by atoms with Crippen molar-refractivity contribution in [2.24, 2.45) is 0 Å². The molecular formula is C5H11NO. The zero-order valence-electron chi connectivity index (χ0n) is 4.77. The van der Waals surface area contributed by atoms with Crippen LogP contribution in [0.2, 0.25) is 0 Å². The minimum Gasteiger partial charge on any atom is -0.380 e. The Morgan fingerprint density at radius 1 is 1.86 bits per heavy atom. The van der Waals surface area contributed by atoms with Crippen molar-refractivity contribution in [2.75, 3.05) is 13.7 Å². The summed E-state index contributed by atoms with van der Waals surface area (Å²) in [6, 6.07) is 0.644. The first-order chi connectivity index (χ1) is 3.34. The topological polar surface area (TPSA) is 31.2 Å². The maximum Gasteiger partial charge on any atom is 0.0708 e. The van der Waals surface area contributed by atoms with Crippen LogP contribution in [0.5, 0.6) is 0 Å². The van der Waals surface area contributed by atoms with E-state index in [0.717, 1.165) is 6.54 Å². The van der Waals surface area contributed by atoms with E-state index in [2.05, 4.69) is 12.2 Å². The van der Waals surface area contributed by atoms with E-state index in [1.165, 1.54) is 0 Å². The van der Waals surface area contributed by atoms with Crippen LogP contribution in [0.25, 0.3) is 0 Å². The van der Waals surface area contributed by atoms with Gasteiger partial charge in [0.05, 0.1) is 6.10 Å². The molecule has 1 saturated heterocycles. The van der Waals surface area contributed by atoms with Crippen molar-refractivity contribution in [3.8, 4) is 0 Å². The first kappa shape index (κ1) is 5.06. The van der Waals surface area contributed by atoms with E-state index >= 15 is 0 Å². The van der Waals surface area contributed by atoms with Crippen LogP contribution in [0.3, 0.4) is 0 Å². The summed E-state index contributed by atoms with van der Waals surface area (Å²) in [5.74, 6) is 0. The fraction of sp³-hybridized carbons (Fsp3) is 1.00. The van der Waals surface area contributed by atoms with Gasteiger partial charge in [0.15, 0.2) is 0 Å². The molecule has 1 heterocycles. The summed E-state index contributed by atoms with van der Waals surface area (Å²) in [5.41, 5.74) is 0. The van der Waals surface area contributed by atoms with Crippen molar-refractivity contribution in [1.29, 1.82) is 0 Å². The predicted octanol–water partition coefficient (Wildman–Crippen LogP) is -0.00690. The Labute approximate surface area is 43.9 Å². The third-order valence-electron chi connectivity index (χ3n) is 1.38. The lowest BCUT2D eigenvalue weighted by Crippen LogP contribution is -2.14. The molecule has 0 aromatic heterocycles. The predicted molar refractivity (Wildman–Crippen MR) is 28.3 cm³/mol. The SMILES string of the molecule is COC(C)C1CN1. The van der Waals surface area contributed by atoms with E-state index in [0.29, 0.717) is 12.1 Å². The van der Waals surface area contributed by atoms with Crippen molar-refractivity contribution < 1.29 is 4.74 Å². The minimum atomic E-state index is 0.403. The largest absolute Gasteiger partial charge is 0.380 e. The first-order valence-corrected chi connectivity index (χ1v) is 2.61. The highest BCUT2D eigenvalue weighted by molar-refractivity contribution is 4.88. The average Bonchev–Trinajstić information content (AvgIpc) is 2.44.